The minimum atomic E-state index is 0.0795. The van der Waals surface area contributed by atoms with Gasteiger partial charge < -0.3 is 19.1 Å². The summed E-state index contributed by atoms with van der Waals surface area (Å²) in [6, 6.07) is 23.0. The Balaban J connectivity index is 1.06. The van der Waals surface area contributed by atoms with E-state index >= 15 is 0 Å². The fourth-order valence-corrected chi connectivity index (χ4v) is 7.69. The molecule has 244 valence electrons. The normalized spacial score (nSPS) is 16.1. The lowest BCUT2D eigenvalue weighted by Gasteiger charge is -2.32. The molecule has 3 aromatic heterocycles. The van der Waals surface area contributed by atoms with E-state index in [1.807, 2.05) is 41.3 Å². The van der Waals surface area contributed by atoms with Gasteiger partial charge in [0.05, 0.1) is 11.0 Å². The Hall–Kier alpha value is -4.87. The molecule has 1 aliphatic heterocycles. The van der Waals surface area contributed by atoms with Crippen LogP contribution in [0.1, 0.15) is 54.1 Å². The van der Waals surface area contributed by atoms with Crippen molar-refractivity contribution in [2.75, 3.05) is 33.2 Å². The number of benzene rings is 3. The first-order valence-corrected chi connectivity index (χ1v) is 17.7. The second kappa shape index (κ2) is 13.3. The first-order chi connectivity index (χ1) is 23.6. The number of likely N-dealkylation sites (N-methyl/N-ethyl adjacent to an activating group) is 1. The third-order valence-corrected chi connectivity index (χ3v) is 10.4. The summed E-state index contributed by atoms with van der Waals surface area (Å²) in [7, 11) is 2.10. The van der Waals surface area contributed by atoms with Crippen molar-refractivity contribution in [3.63, 3.8) is 0 Å². The van der Waals surface area contributed by atoms with Gasteiger partial charge in [0, 0.05) is 48.9 Å². The molecule has 0 unspecified atom stereocenters. The number of fused-ring (bicyclic) bond motifs is 1. The van der Waals surface area contributed by atoms with E-state index in [0.717, 1.165) is 89.4 Å². The first kappa shape index (κ1) is 30.5. The molecule has 2 fully saturated rings. The molecular formula is C37H38N8O2S. The maximum Gasteiger partial charge on any atom is 0.253 e. The summed E-state index contributed by atoms with van der Waals surface area (Å²) in [6.07, 6.45) is 6.04. The zero-order valence-electron chi connectivity index (χ0n) is 27.0. The monoisotopic (exact) mass is 658 g/mol. The predicted octanol–water partition coefficient (Wildman–Crippen LogP) is 7.08. The van der Waals surface area contributed by atoms with Crippen molar-refractivity contribution < 1.29 is 9.53 Å². The maximum atomic E-state index is 13.4. The standard InChI is InChI=1S/C37H38N8O2S/c1-43-16-18-44(19-17-43)37(46)27-9-13-32(28-15-20-48-24-28)29(21-27)23-47-31-11-7-25(8-12-31)36-38-33-22-26(35-39-41-42-40-35)10-14-34(33)45(36)30-5-3-2-4-6-30/h7-15,20-22,24,30H,2-6,16-19,23H2,1H3,(H,39,40,41,42). The van der Waals surface area contributed by atoms with Crippen LogP contribution in [0.4, 0.5) is 0 Å². The van der Waals surface area contributed by atoms with Crippen molar-refractivity contribution in [3.05, 3.63) is 88.6 Å². The Morgan fingerprint density at radius 2 is 1.73 bits per heavy atom. The van der Waals surface area contributed by atoms with E-state index in [-0.39, 0.29) is 5.91 Å². The number of carbonyl (C=O) groups excluding carboxylic acids is 1. The fraction of sp³-hybridized carbons (Fsp3) is 0.324. The molecule has 6 aromatic rings. The number of ether oxygens (including phenoxy) is 1. The molecule has 10 nitrogen and oxygen atoms in total. The second-order valence-electron chi connectivity index (χ2n) is 12.8. The summed E-state index contributed by atoms with van der Waals surface area (Å²) < 4.78 is 8.83. The fourth-order valence-electron chi connectivity index (χ4n) is 7.03. The number of imidazole rings is 1. The molecule has 0 atom stereocenters. The molecule has 8 rings (SSSR count). The van der Waals surface area contributed by atoms with Crippen LogP contribution in [-0.2, 0) is 6.61 Å². The molecule has 11 heteroatoms. The summed E-state index contributed by atoms with van der Waals surface area (Å²) in [5.41, 5.74) is 7.90. The third kappa shape index (κ3) is 6.11. The molecule has 1 saturated heterocycles. The molecule has 3 aromatic carbocycles. The Bertz CT molecular complexity index is 2010. The summed E-state index contributed by atoms with van der Waals surface area (Å²) in [4.78, 5) is 22.8. The summed E-state index contributed by atoms with van der Waals surface area (Å²) in [5, 5.41) is 18.8. The highest BCUT2D eigenvalue weighted by Gasteiger charge is 2.24. The number of nitrogens with one attached hydrogen (secondary N) is 1. The Morgan fingerprint density at radius 3 is 2.48 bits per heavy atom. The number of aromatic amines is 1. The molecule has 0 radical (unpaired) electrons. The van der Waals surface area contributed by atoms with Gasteiger partial charge in [-0.15, -0.1) is 10.2 Å². The van der Waals surface area contributed by atoms with Crippen molar-refractivity contribution in [1.29, 1.82) is 0 Å². The number of tetrazole rings is 1. The van der Waals surface area contributed by atoms with E-state index < -0.39 is 0 Å². The largest absolute Gasteiger partial charge is 0.489 e. The van der Waals surface area contributed by atoms with Crippen LogP contribution in [0.5, 0.6) is 5.75 Å². The molecule has 1 aliphatic carbocycles. The van der Waals surface area contributed by atoms with Gasteiger partial charge in [-0.2, -0.15) is 16.6 Å². The van der Waals surface area contributed by atoms with Crippen LogP contribution in [0.2, 0.25) is 0 Å². The molecule has 48 heavy (non-hydrogen) atoms. The molecular weight excluding hydrogens is 621 g/mol. The van der Waals surface area contributed by atoms with Crippen LogP contribution in [-0.4, -0.2) is 79.1 Å². The number of rotatable bonds is 8. The summed E-state index contributed by atoms with van der Waals surface area (Å²) in [5.74, 6) is 2.37. The quantitative estimate of drug-likeness (QED) is 0.186. The highest BCUT2D eigenvalue weighted by molar-refractivity contribution is 7.08. The van der Waals surface area contributed by atoms with Crippen molar-refractivity contribution in [3.8, 4) is 39.7 Å². The minimum absolute atomic E-state index is 0.0795. The third-order valence-electron chi connectivity index (χ3n) is 9.71. The SMILES string of the molecule is CN1CCN(C(=O)c2ccc(-c3ccsc3)c(COc3ccc(-c4nc5cc(-c6nn[nH]n6)ccc5n4C4CCCCC4)cc3)c2)CC1. The van der Waals surface area contributed by atoms with Gasteiger partial charge >= 0.3 is 0 Å². The van der Waals surface area contributed by atoms with Crippen molar-refractivity contribution in [1.82, 2.24) is 40.0 Å². The Labute approximate surface area is 283 Å². The van der Waals surface area contributed by atoms with Gasteiger partial charge in [0.1, 0.15) is 18.2 Å². The molecule has 0 bridgehead atoms. The molecule has 1 amide bonds. The van der Waals surface area contributed by atoms with Gasteiger partial charge in [-0.3, -0.25) is 4.79 Å². The second-order valence-corrected chi connectivity index (χ2v) is 13.6. The number of amides is 1. The molecule has 2 aliphatic rings. The smallest absolute Gasteiger partial charge is 0.253 e. The lowest BCUT2D eigenvalue weighted by molar-refractivity contribution is 0.0664. The number of hydrogen-bond acceptors (Lipinski definition) is 8. The van der Waals surface area contributed by atoms with Gasteiger partial charge in [-0.1, -0.05) is 25.3 Å². The number of hydrogen-bond donors (Lipinski definition) is 1. The molecule has 4 heterocycles. The van der Waals surface area contributed by atoms with E-state index in [4.69, 9.17) is 9.72 Å². The number of thiophene rings is 1. The molecule has 0 spiro atoms. The minimum Gasteiger partial charge on any atom is -0.489 e. The maximum absolute atomic E-state index is 13.4. The number of carbonyl (C=O) groups is 1. The van der Waals surface area contributed by atoms with Crippen molar-refractivity contribution in [2.45, 2.75) is 44.8 Å². The van der Waals surface area contributed by atoms with Crippen LogP contribution < -0.4 is 4.74 Å². The average molecular weight is 659 g/mol. The van der Waals surface area contributed by atoms with Crippen molar-refractivity contribution in [2.24, 2.45) is 0 Å². The topological polar surface area (TPSA) is 105 Å². The summed E-state index contributed by atoms with van der Waals surface area (Å²) >= 11 is 1.66. The van der Waals surface area contributed by atoms with E-state index in [1.165, 1.54) is 19.3 Å². The van der Waals surface area contributed by atoms with E-state index in [2.05, 4.69) is 78.2 Å². The highest BCUT2D eigenvalue weighted by atomic mass is 32.1. The van der Waals surface area contributed by atoms with Gasteiger partial charge in [0.15, 0.2) is 0 Å². The van der Waals surface area contributed by atoms with Gasteiger partial charge in [-0.25, -0.2) is 4.98 Å². The van der Waals surface area contributed by atoms with Crippen LogP contribution in [0, 0.1) is 0 Å². The predicted molar refractivity (Wildman–Crippen MR) is 188 cm³/mol. The van der Waals surface area contributed by atoms with Crippen LogP contribution in [0.25, 0.3) is 44.9 Å². The first-order valence-electron chi connectivity index (χ1n) is 16.7. The van der Waals surface area contributed by atoms with Gasteiger partial charge in [-0.05, 0) is 113 Å². The van der Waals surface area contributed by atoms with Crippen LogP contribution >= 0.6 is 11.3 Å². The van der Waals surface area contributed by atoms with Gasteiger partial charge in [0.2, 0.25) is 5.82 Å². The molecule has 1 N–H and O–H groups in total. The van der Waals surface area contributed by atoms with Crippen LogP contribution in [0.15, 0.2) is 77.5 Å². The zero-order chi connectivity index (χ0) is 32.5. The van der Waals surface area contributed by atoms with Crippen molar-refractivity contribution >= 4 is 28.3 Å². The number of nitrogens with zero attached hydrogens (tertiary/aromatic N) is 7. The summed E-state index contributed by atoms with van der Waals surface area (Å²) in [6.45, 7) is 3.63. The van der Waals surface area contributed by atoms with Gasteiger partial charge in [0.25, 0.3) is 5.91 Å². The lowest BCUT2D eigenvalue weighted by atomic mass is 9.95. The number of aromatic nitrogens is 6. The number of H-pyrrole nitrogens is 1. The Morgan fingerprint density at radius 1 is 0.917 bits per heavy atom. The highest BCUT2D eigenvalue weighted by Crippen LogP contribution is 2.37. The average Bonchev–Trinajstić information content (AvgIpc) is 3.93. The Kier molecular flexibility index (Phi) is 8.46. The van der Waals surface area contributed by atoms with E-state index in [9.17, 15) is 4.79 Å². The van der Waals surface area contributed by atoms with E-state index in [0.29, 0.717) is 24.0 Å². The van der Waals surface area contributed by atoms with E-state index in [1.54, 1.807) is 11.3 Å². The molecule has 1 saturated carbocycles. The van der Waals surface area contributed by atoms with Crippen LogP contribution in [0.3, 0.4) is 0 Å². The zero-order valence-corrected chi connectivity index (χ0v) is 27.8. The number of piperazine rings is 1. The lowest BCUT2D eigenvalue weighted by Crippen LogP contribution is -2.47.